The predicted molar refractivity (Wildman–Crippen MR) is 70.8 cm³/mol. The van der Waals surface area contributed by atoms with Crippen molar-refractivity contribution in [2.24, 2.45) is 0 Å². The molecule has 2 aliphatic rings. The molecule has 0 aromatic carbocycles. The van der Waals surface area contributed by atoms with Gasteiger partial charge in [-0.1, -0.05) is 18.0 Å². The largest absolute Gasteiger partial charge is 0.377 e. The first-order valence-corrected chi connectivity index (χ1v) is 7.47. The van der Waals surface area contributed by atoms with E-state index in [4.69, 9.17) is 9.26 Å². The normalized spacial score (nSPS) is 26.7. The second kappa shape index (κ2) is 6.01. The molecule has 2 heterocycles. The van der Waals surface area contributed by atoms with Gasteiger partial charge in [-0.15, -0.1) is 0 Å². The lowest BCUT2D eigenvalue weighted by Crippen LogP contribution is -2.30. The Labute approximate surface area is 114 Å². The lowest BCUT2D eigenvalue weighted by atomic mass is 10.1. The van der Waals surface area contributed by atoms with Gasteiger partial charge in [-0.2, -0.15) is 4.98 Å². The van der Waals surface area contributed by atoms with Crippen molar-refractivity contribution in [2.45, 2.75) is 57.6 Å². The smallest absolute Gasteiger partial charge is 0.229 e. The second-order valence-corrected chi connectivity index (χ2v) is 5.80. The van der Waals surface area contributed by atoms with Gasteiger partial charge in [-0.05, 0) is 26.2 Å². The summed E-state index contributed by atoms with van der Waals surface area (Å²) < 4.78 is 11.1. The number of hydrogen-bond acceptors (Lipinski definition) is 5. The van der Waals surface area contributed by atoms with Crippen molar-refractivity contribution in [1.82, 2.24) is 15.0 Å². The highest BCUT2D eigenvalue weighted by Crippen LogP contribution is 2.32. The van der Waals surface area contributed by atoms with Crippen LogP contribution in [-0.2, 0) is 11.3 Å². The highest BCUT2D eigenvalue weighted by molar-refractivity contribution is 4.96. The number of aromatic nitrogens is 2. The fourth-order valence-electron chi connectivity index (χ4n) is 3.09. The van der Waals surface area contributed by atoms with Crippen molar-refractivity contribution in [2.75, 3.05) is 19.7 Å². The van der Waals surface area contributed by atoms with E-state index in [1.807, 2.05) is 0 Å². The van der Waals surface area contributed by atoms with Gasteiger partial charge in [-0.25, -0.2) is 0 Å². The molecule has 1 aliphatic heterocycles. The first-order valence-electron chi connectivity index (χ1n) is 7.47. The molecule has 0 radical (unpaired) electrons. The predicted octanol–water partition coefficient (Wildman–Crippen LogP) is 2.34. The SMILES string of the molecule is C[C@H]1CN(Cc2noc(C3CCCC3)n2)CCCO1. The summed E-state index contributed by atoms with van der Waals surface area (Å²) in [6.07, 6.45) is 6.38. The van der Waals surface area contributed by atoms with Crippen molar-refractivity contribution in [3.05, 3.63) is 11.7 Å². The van der Waals surface area contributed by atoms with E-state index in [1.165, 1.54) is 25.7 Å². The van der Waals surface area contributed by atoms with Gasteiger partial charge in [0, 0.05) is 25.6 Å². The molecule has 1 aromatic rings. The summed E-state index contributed by atoms with van der Waals surface area (Å²) in [6.45, 7) is 5.77. The van der Waals surface area contributed by atoms with Gasteiger partial charge < -0.3 is 9.26 Å². The minimum absolute atomic E-state index is 0.295. The van der Waals surface area contributed by atoms with E-state index in [0.717, 1.165) is 44.4 Å². The van der Waals surface area contributed by atoms with Crippen LogP contribution in [0.4, 0.5) is 0 Å². The molecule has 1 saturated carbocycles. The highest BCUT2D eigenvalue weighted by Gasteiger charge is 2.24. The van der Waals surface area contributed by atoms with Gasteiger partial charge in [0.2, 0.25) is 5.89 Å². The summed E-state index contributed by atoms with van der Waals surface area (Å²) in [7, 11) is 0. The van der Waals surface area contributed by atoms with Gasteiger partial charge in [-0.3, -0.25) is 4.90 Å². The third-order valence-electron chi connectivity index (χ3n) is 4.09. The van der Waals surface area contributed by atoms with Crippen LogP contribution in [-0.4, -0.2) is 40.8 Å². The van der Waals surface area contributed by atoms with E-state index in [-0.39, 0.29) is 0 Å². The molecule has 3 rings (SSSR count). The van der Waals surface area contributed by atoms with Crippen LogP contribution in [0.2, 0.25) is 0 Å². The number of ether oxygens (including phenoxy) is 1. The van der Waals surface area contributed by atoms with Crippen LogP contribution in [0.1, 0.15) is 56.7 Å². The molecule has 5 heteroatoms. The molecule has 5 nitrogen and oxygen atoms in total. The Hall–Kier alpha value is -0.940. The molecule has 2 fully saturated rings. The van der Waals surface area contributed by atoms with Crippen molar-refractivity contribution in [1.29, 1.82) is 0 Å². The molecule has 0 unspecified atom stereocenters. The Morgan fingerprint density at radius 3 is 2.95 bits per heavy atom. The molecule has 1 atom stereocenters. The number of hydrogen-bond donors (Lipinski definition) is 0. The maximum atomic E-state index is 5.65. The Morgan fingerprint density at radius 2 is 2.11 bits per heavy atom. The zero-order chi connectivity index (χ0) is 13.1. The second-order valence-electron chi connectivity index (χ2n) is 5.80. The summed E-state index contributed by atoms with van der Waals surface area (Å²) in [5.41, 5.74) is 0. The maximum absolute atomic E-state index is 5.65. The zero-order valence-electron chi connectivity index (χ0n) is 11.7. The number of rotatable bonds is 3. The molecule has 1 aliphatic carbocycles. The fourth-order valence-corrected chi connectivity index (χ4v) is 3.09. The lowest BCUT2D eigenvalue weighted by molar-refractivity contribution is 0.0663. The Bertz CT molecular complexity index is 401. The van der Waals surface area contributed by atoms with E-state index in [0.29, 0.717) is 12.0 Å². The third-order valence-corrected chi connectivity index (χ3v) is 4.09. The minimum atomic E-state index is 0.295. The average Bonchev–Trinajstić information content (AvgIpc) is 3.01. The van der Waals surface area contributed by atoms with Gasteiger partial charge in [0.05, 0.1) is 12.6 Å². The topological polar surface area (TPSA) is 51.4 Å². The van der Waals surface area contributed by atoms with Crippen LogP contribution in [0.3, 0.4) is 0 Å². The molecule has 1 saturated heterocycles. The summed E-state index contributed by atoms with van der Waals surface area (Å²) in [4.78, 5) is 6.94. The van der Waals surface area contributed by atoms with E-state index in [1.54, 1.807) is 0 Å². The molecule has 1 aromatic heterocycles. The van der Waals surface area contributed by atoms with Gasteiger partial charge >= 0.3 is 0 Å². The van der Waals surface area contributed by atoms with Gasteiger partial charge in [0.25, 0.3) is 0 Å². The van der Waals surface area contributed by atoms with E-state index in [9.17, 15) is 0 Å². The van der Waals surface area contributed by atoms with Crippen LogP contribution in [0.15, 0.2) is 4.52 Å². The maximum Gasteiger partial charge on any atom is 0.229 e. The van der Waals surface area contributed by atoms with Crippen LogP contribution in [0, 0.1) is 0 Å². The van der Waals surface area contributed by atoms with Crippen LogP contribution in [0.5, 0.6) is 0 Å². The van der Waals surface area contributed by atoms with Crippen molar-refractivity contribution in [3.8, 4) is 0 Å². The highest BCUT2D eigenvalue weighted by atomic mass is 16.5. The minimum Gasteiger partial charge on any atom is -0.377 e. The molecule has 19 heavy (non-hydrogen) atoms. The zero-order valence-corrected chi connectivity index (χ0v) is 11.7. The van der Waals surface area contributed by atoms with Crippen LogP contribution < -0.4 is 0 Å². The quantitative estimate of drug-likeness (QED) is 0.839. The Kier molecular flexibility index (Phi) is 4.13. The molecular weight excluding hydrogens is 242 g/mol. The van der Waals surface area contributed by atoms with Crippen molar-refractivity contribution < 1.29 is 9.26 Å². The molecule has 0 amide bonds. The van der Waals surface area contributed by atoms with Gasteiger partial charge in [0.1, 0.15) is 0 Å². The van der Waals surface area contributed by atoms with Crippen molar-refractivity contribution >= 4 is 0 Å². The van der Waals surface area contributed by atoms with Crippen molar-refractivity contribution in [3.63, 3.8) is 0 Å². The van der Waals surface area contributed by atoms with Crippen LogP contribution in [0.25, 0.3) is 0 Å². The van der Waals surface area contributed by atoms with Crippen LogP contribution >= 0.6 is 0 Å². The first-order chi connectivity index (χ1) is 9.31. The van der Waals surface area contributed by atoms with Gasteiger partial charge in [0.15, 0.2) is 5.82 Å². The van der Waals surface area contributed by atoms with E-state index in [2.05, 4.69) is 22.0 Å². The Morgan fingerprint density at radius 1 is 1.26 bits per heavy atom. The molecule has 106 valence electrons. The molecule has 0 bridgehead atoms. The monoisotopic (exact) mass is 265 g/mol. The molecule has 0 spiro atoms. The fraction of sp³-hybridized carbons (Fsp3) is 0.857. The van der Waals surface area contributed by atoms with E-state index < -0.39 is 0 Å². The summed E-state index contributed by atoms with van der Waals surface area (Å²) >= 11 is 0. The Balaban J connectivity index is 1.59. The summed E-state index contributed by atoms with van der Waals surface area (Å²) in [5, 5.41) is 4.14. The number of nitrogens with zero attached hydrogens (tertiary/aromatic N) is 3. The summed E-state index contributed by atoms with van der Waals surface area (Å²) in [6, 6.07) is 0. The molecular formula is C14H23N3O2. The third kappa shape index (κ3) is 3.34. The first kappa shape index (κ1) is 13.1. The van der Waals surface area contributed by atoms with E-state index >= 15 is 0 Å². The molecule has 0 N–H and O–H groups in total. The lowest BCUT2D eigenvalue weighted by Gasteiger charge is -2.19. The summed E-state index contributed by atoms with van der Waals surface area (Å²) in [5.74, 6) is 2.19. The average molecular weight is 265 g/mol. The standard InChI is InChI=1S/C14H23N3O2/c1-11-9-17(7-4-8-18-11)10-13-15-14(19-16-13)12-5-2-3-6-12/h11-12H,2-10H2,1H3/t11-/m0/s1.